The molecule has 2 nitrogen and oxygen atoms in total. The van der Waals surface area contributed by atoms with Crippen molar-refractivity contribution < 1.29 is 9.59 Å². The molecule has 0 atom stereocenters. The summed E-state index contributed by atoms with van der Waals surface area (Å²) >= 11 is 0. The van der Waals surface area contributed by atoms with Crippen LogP contribution in [0.4, 0.5) is 0 Å². The SMILES string of the molecule is CC(=O)C/C=C(\C)C=O. The normalized spacial score (nSPS) is 11.1. The van der Waals surface area contributed by atoms with Gasteiger partial charge in [0.15, 0.2) is 0 Å². The lowest BCUT2D eigenvalue weighted by Crippen LogP contribution is -1.86. The quantitative estimate of drug-likeness (QED) is 0.419. The number of carbonyl (C=O) groups excluding carboxylic acids is 2. The molecule has 0 saturated carbocycles. The molecular weight excluding hydrogens is 116 g/mol. The average molecular weight is 126 g/mol. The van der Waals surface area contributed by atoms with Gasteiger partial charge in [-0.1, -0.05) is 6.08 Å². The van der Waals surface area contributed by atoms with E-state index in [1.807, 2.05) is 0 Å². The van der Waals surface area contributed by atoms with Gasteiger partial charge in [-0.25, -0.2) is 0 Å². The van der Waals surface area contributed by atoms with Crippen LogP contribution in [-0.2, 0) is 9.59 Å². The minimum Gasteiger partial charge on any atom is -0.300 e. The second kappa shape index (κ2) is 4.01. The third-order valence-electron chi connectivity index (χ3n) is 0.897. The summed E-state index contributed by atoms with van der Waals surface area (Å²) in [5.74, 6) is 0.0798. The molecule has 0 aromatic heterocycles. The first-order valence-corrected chi connectivity index (χ1v) is 2.78. The van der Waals surface area contributed by atoms with E-state index in [2.05, 4.69) is 0 Å². The predicted molar refractivity (Wildman–Crippen MR) is 35.1 cm³/mol. The van der Waals surface area contributed by atoms with E-state index in [1.165, 1.54) is 6.92 Å². The van der Waals surface area contributed by atoms with Gasteiger partial charge in [-0.15, -0.1) is 0 Å². The minimum absolute atomic E-state index is 0.0798. The summed E-state index contributed by atoms with van der Waals surface area (Å²) in [6.45, 7) is 3.17. The van der Waals surface area contributed by atoms with Crippen molar-refractivity contribution in [1.82, 2.24) is 0 Å². The fourth-order valence-corrected chi connectivity index (χ4v) is 0.353. The minimum atomic E-state index is 0.0798. The van der Waals surface area contributed by atoms with E-state index in [0.29, 0.717) is 12.0 Å². The highest BCUT2D eigenvalue weighted by Gasteiger charge is 1.88. The number of carbonyl (C=O) groups is 2. The molecule has 0 heterocycles. The standard InChI is InChI=1S/C7H10O2/c1-6(5-8)3-4-7(2)9/h3,5H,4H2,1-2H3/b6-3+. The van der Waals surface area contributed by atoms with Gasteiger partial charge in [-0.05, 0) is 19.4 Å². The summed E-state index contributed by atoms with van der Waals surface area (Å²) in [5.41, 5.74) is 0.616. The molecule has 0 aromatic rings. The maximum absolute atomic E-state index is 10.3. The lowest BCUT2D eigenvalue weighted by molar-refractivity contribution is -0.116. The molecule has 0 rings (SSSR count). The summed E-state index contributed by atoms with van der Waals surface area (Å²) < 4.78 is 0. The van der Waals surface area contributed by atoms with E-state index in [-0.39, 0.29) is 5.78 Å². The van der Waals surface area contributed by atoms with E-state index in [9.17, 15) is 9.59 Å². The van der Waals surface area contributed by atoms with Gasteiger partial charge in [-0.2, -0.15) is 0 Å². The fraction of sp³-hybridized carbons (Fsp3) is 0.429. The maximum Gasteiger partial charge on any atom is 0.145 e. The van der Waals surface area contributed by atoms with Crippen molar-refractivity contribution in [3.63, 3.8) is 0 Å². The molecule has 0 spiro atoms. The van der Waals surface area contributed by atoms with E-state index in [0.717, 1.165) is 6.29 Å². The maximum atomic E-state index is 10.3. The predicted octanol–water partition coefficient (Wildman–Crippen LogP) is 1.11. The fourth-order valence-electron chi connectivity index (χ4n) is 0.353. The molecule has 0 saturated heterocycles. The summed E-state index contributed by atoms with van der Waals surface area (Å²) in [7, 11) is 0. The van der Waals surface area contributed by atoms with Crippen LogP contribution in [-0.4, -0.2) is 12.1 Å². The number of rotatable bonds is 3. The highest BCUT2D eigenvalue weighted by Crippen LogP contribution is 1.90. The van der Waals surface area contributed by atoms with Crippen LogP contribution in [0.15, 0.2) is 11.6 Å². The van der Waals surface area contributed by atoms with Crippen molar-refractivity contribution in [1.29, 1.82) is 0 Å². The molecule has 2 heteroatoms. The van der Waals surface area contributed by atoms with Crippen LogP contribution in [0.5, 0.6) is 0 Å². The monoisotopic (exact) mass is 126 g/mol. The molecular formula is C7H10O2. The number of hydrogen-bond acceptors (Lipinski definition) is 2. The van der Waals surface area contributed by atoms with Gasteiger partial charge in [0, 0.05) is 6.42 Å². The molecule has 0 amide bonds. The average Bonchev–Trinajstić information content (AvgIpc) is 1.83. The Morgan fingerprint density at radius 2 is 2.00 bits per heavy atom. The largest absolute Gasteiger partial charge is 0.300 e. The van der Waals surface area contributed by atoms with Gasteiger partial charge in [0.05, 0.1) is 0 Å². The van der Waals surface area contributed by atoms with Crippen LogP contribution in [0.25, 0.3) is 0 Å². The van der Waals surface area contributed by atoms with E-state index in [4.69, 9.17) is 0 Å². The van der Waals surface area contributed by atoms with Crippen molar-refractivity contribution in [3.8, 4) is 0 Å². The number of ketones is 1. The molecule has 0 bridgehead atoms. The Kier molecular flexibility index (Phi) is 3.60. The molecule has 0 aliphatic heterocycles. The Bertz CT molecular complexity index is 145. The summed E-state index contributed by atoms with van der Waals surface area (Å²) in [6, 6.07) is 0. The van der Waals surface area contributed by atoms with Gasteiger partial charge in [0.2, 0.25) is 0 Å². The van der Waals surface area contributed by atoms with Crippen molar-refractivity contribution in [2.45, 2.75) is 20.3 Å². The second-order valence-corrected chi connectivity index (χ2v) is 1.97. The van der Waals surface area contributed by atoms with Crippen molar-refractivity contribution in [2.24, 2.45) is 0 Å². The third kappa shape index (κ3) is 4.94. The van der Waals surface area contributed by atoms with Gasteiger partial charge < -0.3 is 0 Å². The molecule has 0 fully saturated rings. The van der Waals surface area contributed by atoms with Gasteiger partial charge in [0.25, 0.3) is 0 Å². The Morgan fingerprint density at radius 3 is 2.33 bits per heavy atom. The Balaban J connectivity index is 3.69. The van der Waals surface area contributed by atoms with Crippen molar-refractivity contribution >= 4 is 12.1 Å². The van der Waals surface area contributed by atoms with E-state index < -0.39 is 0 Å². The summed E-state index contributed by atoms with van der Waals surface area (Å²) in [5, 5.41) is 0. The van der Waals surface area contributed by atoms with Gasteiger partial charge in [-0.3, -0.25) is 9.59 Å². The van der Waals surface area contributed by atoms with Crippen LogP contribution >= 0.6 is 0 Å². The molecule has 0 N–H and O–H groups in total. The third-order valence-corrected chi connectivity index (χ3v) is 0.897. The molecule has 0 aromatic carbocycles. The van der Waals surface area contributed by atoms with Gasteiger partial charge in [0.1, 0.15) is 12.1 Å². The van der Waals surface area contributed by atoms with Crippen LogP contribution < -0.4 is 0 Å². The second-order valence-electron chi connectivity index (χ2n) is 1.97. The Morgan fingerprint density at radius 1 is 1.44 bits per heavy atom. The molecule has 50 valence electrons. The first-order chi connectivity index (χ1) is 4.16. The van der Waals surface area contributed by atoms with Crippen LogP contribution in [0, 0.1) is 0 Å². The smallest absolute Gasteiger partial charge is 0.145 e. The lowest BCUT2D eigenvalue weighted by atomic mass is 10.2. The topological polar surface area (TPSA) is 34.1 Å². The summed E-state index contributed by atoms with van der Waals surface area (Å²) in [4.78, 5) is 20.2. The molecule has 0 unspecified atom stereocenters. The van der Waals surface area contributed by atoms with E-state index >= 15 is 0 Å². The number of Topliss-reactive ketones (excluding diaryl/α,β-unsaturated/α-hetero) is 1. The highest BCUT2D eigenvalue weighted by molar-refractivity contribution is 5.79. The van der Waals surface area contributed by atoms with Gasteiger partial charge >= 0.3 is 0 Å². The molecule has 0 radical (unpaired) electrons. The van der Waals surface area contributed by atoms with Crippen molar-refractivity contribution in [2.75, 3.05) is 0 Å². The Hall–Kier alpha value is -0.920. The highest BCUT2D eigenvalue weighted by atomic mass is 16.1. The Labute approximate surface area is 54.6 Å². The number of aldehydes is 1. The number of hydrogen-bond donors (Lipinski definition) is 0. The molecule has 9 heavy (non-hydrogen) atoms. The number of allylic oxidation sites excluding steroid dienone is 2. The van der Waals surface area contributed by atoms with Crippen molar-refractivity contribution in [3.05, 3.63) is 11.6 Å². The molecule has 0 aliphatic carbocycles. The first kappa shape index (κ1) is 8.08. The molecule has 0 aliphatic rings. The van der Waals surface area contributed by atoms with Crippen LogP contribution in [0.1, 0.15) is 20.3 Å². The van der Waals surface area contributed by atoms with Crippen LogP contribution in [0.2, 0.25) is 0 Å². The van der Waals surface area contributed by atoms with Crippen LogP contribution in [0.3, 0.4) is 0 Å². The zero-order chi connectivity index (χ0) is 7.28. The summed E-state index contributed by atoms with van der Waals surface area (Å²) in [6.07, 6.45) is 2.73. The zero-order valence-corrected chi connectivity index (χ0v) is 5.68. The lowest BCUT2D eigenvalue weighted by Gasteiger charge is -1.84. The zero-order valence-electron chi connectivity index (χ0n) is 5.68. The van der Waals surface area contributed by atoms with E-state index in [1.54, 1.807) is 13.0 Å². The first-order valence-electron chi connectivity index (χ1n) is 2.78.